The summed E-state index contributed by atoms with van der Waals surface area (Å²) in [4.78, 5) is 46.3. The van der Waals surface area contributed by atoms with Gasteiger partial charge in [0.15, 0.2) is 5.69 Å². The fourth-order valence-corrected chi connectivity index (χ4v) is 2.77. The molecule has 1 aromatic rings. The van der Waals surface area contributed by atoms with Crippen LogP contribution in [-0.4, -0.2) is 35.0 Å². The number of benzene rings is 1. The summed E-state index contributed by atoms with van der Waals surface area (Å²) < 4.78 is 0. The van der Waals surface area contributed by atoms with Gasteiger partial charge in [-0.2, -0.15) is 5.06 Å². The maximum Gasteiger partial charge on any atom is 0.295 e. The molecule has 0 bridgehead atoms. The van der Waals surface area contributed by atoms with E-state index in [1.54, 1.807) is 33.8 Å². The van der Waals surface area contributed by atoms with E-state index < -0.39 is 15.8 Å². The summed E-state index contributed by atoms with van der Waals surface area (Å²) in [5.41, 5.74) is -1.03. The van der Waals surface area contributed by atoms with E-state index in [1.807, 2.05) is 0 Å². The Hall–Kier alpha value is -2.52. The molecule has 0 spiro atoms. The zero-order valence-corrected chi connectivity index (χ0v) is 15.1. The Labute approximate surface area is 150 Å². The van der Waals surface area contributed by atoms with Crippen LogP contribution in [0.3, 0.4) is 0 Å². The van der Waals surface area contributed by atoms with E-state index in [2.05, 4.69) is 0 Å². The number of carbonyl (C=O) groups excluding carboxylic acids is 2. The molecular weight excluding hydrogens is 342 g/mol. The van der Waals surface area contributed by atoms with Crippen molar-refractivity contribution in [3.05, 3.63) is 33.9 Å². The van der Waals surface area contributed by atoms with Crippen molar-refractivity contribution in [2.45, 2.75) is 34.2 Å². The Morgan fingerprint density at radius 2 is 1.69 bits per heavy atom. The first-order valence-corrected chi connectivity index (χ1v) is 8.23. The quantitative estimate of drug-likeness (QED) is 0.600. The predicted molar refractivity (Wildman–Crippen MR) is 90.6 cm³/mol. The van der Waals surface area contributed by atoms with Gasteiger partial charge in [0.2, 0.25) is 0 Å². The fourth-order valence-electron chi connectivity index (χ4n) is 2.77. The highest BCUT2D eigenvalue weighted by molar-refractivity contribution is 5.98. The molecule has 0 N–H and O–H groups in total. The van der Waals surface area contributed by atoms with Gasteiger partial charge in [-0.3, -0.25) is 29.4 Å². The summed E-state index contributed by atoms with van der Waals surface area (Å²) in [6, 6.07) is 4.41. The number of rotatable bonds is 4. The zero-order valence-electron chi connectivity index (χ0n) is 15.1. The third-order valence-electron chi connectivity index (χ3n) is 4.49. The summed E-state index contributed by atoms with van der Waals surface area (Å²) >= 11 is 0. The predicted octanol–water partition coefficient (Wildman–Crippen LogP) is 2.20. The van der Waals surface area contributed by atoms with Crippen LogP contribution in [0.4, 0.5) is 11.4 Å². The first-order valence-electron chi connectivity index (χ1n) is 8.23. The topological polar surface area (TPSA) is 102 Å². The second-order valence-corrected chi connectivity index (χ2v) is 7.84. The number of hydrogen-bond acceptors (Lipinski definition) is 6. The third-order valence-corrected chi connectivity index (χ3v) is 4.49. The minimum atomic E-state index is -0.742. The van der Waals surface area contributed by atoms with Gasteiger partial charge in [-0.15, -0.1) is 0 Å². The highest BCUT2D eigenvalue weighted by Gasteiger charge is 2.44. The molecule has 2 heterocycles. The molecule has 2 saturated heterocycles. The molecule has 2 amide bonds. The minimum Gasteiger partial charge on any atom is -0.272 e. The Balaban J connectivity index is 1.88. The standard InChI is InChI=1S/C17H21N3O6/c1-16(2)9-25-18(14(16)21)8-11-5-6-12(13(7-11)20(23)24)19-15(22)17(3,4)10-26-19/h5-7H,8-10H2,1-4H3. The molecule has 0 atom stereocenters. The smallest absolute Gasteiger partial charge is 0.272 e. The number of amides is 2. The lowest BCUT2D eigenvalue weighted by Gasteiger charge is -2.19. The van der Waals surface area contributed by atoms with Crippen LogP contribution in [0, 0.1) is 20.9 Å². The van der Waals surface area contributed by atoms with Gasteiger partial charge in [0.25, 0.3) is 17.5 Å². The van der Waals surface area contributed by atoms with Crippen molar-refractivity contribution >= 4 is 23.2 Å². The second kappa shape index (κ2) is 6.03. The number of hydrogen-bond donors (Lipinski definition) is 0. The SMILES string of the molecule is CC1(C)CON(Cc2ccc(N3OCC(C)(C)C3=O)c([N+](=O)[O-])c2)C1=O. The van der Waals surface area contributed by atoms with E-state index >= 15 is 0 Å². The number of anilines is 1. The van der Waals surface area contributed by atoms with Gasteiger partial charge >= 0.3 is 0 Å². The van der Waals surface area contributed by atoms with Crippen molar-refractivity contribution < 1.29 is 24.2 Å². The summed E-state index contributed by atoms with van der Waals surface area (Å²) in [6.45, 7) is 7.48. The summed E-state index contributed by atoms with van der Waals surface area (Å²) in [5.74, 6) is -0.516. The molecule has 9 heteroatoms. The minimum absolute atomic E-state index is 0.0725. The lowest BCUT2D eigenvalue weighted by molar-refractivity contribution is -0.384. The maximum atomic E-state index is 12.4. The van der Waals surface area contributed by atoms with Gasteiger partial charge in [-0.25, -0.2) is 5.06 Å². The Morgan fingerprint density at radius 1 is 1.08 bits per heavy atom. The molecule has 3 rings (SSSR count). The summed E-state index contributed by atoms with van der Waals surface area (Å²) in [6.07, 6.45) is 0. The van der Waals surface area contributed by atoms with Crippen molar-refractivity contribution in [1.29, 1.82) is 0 Å². The van der Waals surface area contributed by atoms with Gasteiger partial charge in [0, 0.05) is 6.07 Å². The Bertz CT molecular complexity index is 789. The van der Waals surface area contributed by atoms with Crippen LogP contribution in [0.25, 0.3) is 0 Å². The van der Waals surface area contributed by atoms with Crippen molar-refractivity contribution in [1.82, 2.24) is 5.06 Å². The normalized spacial score (nSPS) is 21.5. The van der Waals surface area contributed by atoms with Crippen molar-refractivity contribution in [3.8, 4) is 0 Å². The van der Waals surface area contributed by atoms with Gasteiger partial charge < -0.3 is 0 Å². The molecule has 2 aliphatic rings. The molecule has 1 aromatic carbocycles. The van der Waals surface area contributed by atoms with Crippen LogP contribution in [-0.2, 0) is 25.8 Å². The van der Waals surface area contributed by atoms with Crippen LogP contribution in [0.5, 0.6) is 0 Å². The molecule has 0 aromatic heterocycles. The first-order chi connectivity index (χ1) is 12.0. The molecule has 140 valence electrons. The number of carbonyl (C=O) groups is 2. The van der Waals surface area contributed by atoms with Crippen molar-refractivity contribution in [3.63, 3.8) is 0 Å². The van der Waals surface area contributed by atoms with Gasteiger partial charge in [0.05, 0.1) is 35.5 Å². The molecule has 9 nitrogen and oxygen atoms in total. The van der Waals surface area contributed by atoms with Gasteiger partial charge in [-0.1, -0.05) is 6.07 Å². The highest BCUT2D eigenvalue weighted by atomic mass is 16.7. The maximum absolute atomic E-state index is 12.4. The molecule has 26 heavy (non-hydrogen) atoms. The van der Waals surface area contributed by atoms with E-state index in [-0.39, 0.29) is 42.9 Å². The van der Waals surface area contributed by atoms with Gasteiger partial charge in [-0.05, 0) is 39.3 Å². The van der Waals surface area contributed by atoms with E-state index in [0.717, 1.165) is 5.06 Å². The molecule has 2 fully saturated rings. The summed E-state index contributed by atoms with van der Waals surface area (Å²) in [5, 5.41) is 13.7. The van der Waals surface area contributed by atoms with Gasteiger partial charge in [0.1, 0.15) is 0 Å². The van der Waals surface area contributed by atoms with Crippen LogP contribution in [0.2, 0.25) is 0 Å². The molecule has 2 aliphatic heterocycles. The molecular formula is C17H21N3O6. The lowest BCUT2D eigenvalue weighted by atomic mass is 9.94. The third kappa shape index (κ3) is 3.04. The summed E-state index contributed by atoms with van der Waals surface area (Å²) in [7, 11) is 0. The lowest BCUT2D eigenvalue weighted by Crippen LogP contribution is -2.31. The average molecular weight is 363 g/mol. The molecule has 0 unspecified atom stereocenters. The highest BCUT2D eigenvalue weighted by Crippen LogP contribution is 2.37. The number of nitrogens with zero attached hydrogens (tertiary/aromatic N) is 3. The van der Waals surface area contributed by atoms with E-state index in [1.165, 1.54) is 17.2 Å². The van der Waals surface area contributed by atoms with E-state index in [0.29, 0.717) is 5.56 Å². The van der Waals surface area contributed by atoms with Crippen LogP contribution in [0.15, 0.2) is 18.2 Å². The van der Waals surface area contributed by atoms with E-state index in [9.17, 15) is 19.7 Å². The number of nitro groups is 1. The second-order valence-electron chi connectivity index (χ2n) is 7.84. The van der Waals surface area contributed by atoms with Crippen LogP contribution in [0.1, 0.15) is 33.3 Å². The number of nitro benzene ring substituents is 1. The molecule has 0 aliphatic carbocycles. The van der Waals surface area contributed by atoms with Crippen LogP contribution < -0.4 is 5.06 Å². The fraction of sp³-hybridized carbons (Fsp3) is 0.529. The Morgan fingerprint density at radius 3 is 2.19 bits per heavy atom. The molecule has 0 saturated carbocycles. The Kier molecular flexibility index (Phi) is 4.24. The average Bonchev–Trinajstić information content (AvgIpc) is 2.97. The monoisotopic (exact) mass is 363 g/mol. The van der Waals surface area contributed by atoms with Crippen molar-refractivity contribution in [2.24, 2.45) is 10.8 Å². The molecule has 0 radical (unpaired) electrons. The zero-order chi connectivity index (χ0) is 19.3. The number of hydroxylamine groups is 3. The van der Waals surface area contributed by atoms with Crippen LogP contribution >= 0.6 is 0 Å². The largest absolute Gasteiger partial charge is 0.295 e. The first kappa shape index (κ1) is 18.3. The van der Waals surface area contributed by atoms with E-state index in [4.69, 9.17) is 9.68 Å². The van der Waals surface area contributed by atoms with Crippen molar-refractivity contribution in [2.75, 3.05) is 18.3 Å².